The number of benzene rings is 4. The third-order valence-electron chi connectivity index (χ3n) is 12.1. The van der Waals surface area contributed by atoms with E-state index in [9.17, 15) is 19.2 Å². The summed E-state index contributed by atoms with van der Waals surface area (Å²) in [5, 5.41) is 2.97. The van der Waals surface area contributed by atoms with Crippen LogP contribution >= 0.6 is 0 Å². The Hall–Kier alpha value is -7.09. The molecule has 14 nitrogen and oxygen atoms in total. The zero-order valence-corrected chi connectivity index (χ0v) is 35.0. The molecule has 62 heavy (non-hydrogen) atoms. The van der Waals surface area contributed by atoms with Gasteiger partial charge in [-0.25, -0.2) is 0 Å². The predicted octanol–water partition coefficient (Wildman–Crippen LogP) is 6.51. The minimum Gasteiger partial charge on any atom is -0.497 e. The standard InChI is InChI=1S/C48H47N5O9/c1-51(15-9-14-45(54)60-4)32-17-28(26-61-43-23-36-34(21-41(43)58-2)47(56)52-33(25-49-36)19-30-10-5-7-12-38(30)52)16-29(18-32)27-62-44-24-37-35(22-42(44)59-3)48(57)53-39-13-8-6-11-31(39)20-40(53)46(55)50-37/h5-8,10-13,16-18,22-25,33-34,40H,9,14-15,19-21,26-27H2,1-4H3,(H,50,55)/t33-,34?,40-/m0/s1. The first-order chi connectivity index (χ1) is 30.1. The van der Waals surface area contributed by atoms with E-state index in [2.05, 4.69) is 11.4 Å². The summed E-state index contributed by atoms with van der Waals surface area (Å²) >= 11 is 0. The fourth-order valence-electron chi connectivity index (χ4n) is 8.96. The molecule has 4 aromatic carbocycles. The third kappa shape index (κ3) is 7.50. The molecule has 4 aliphatic heterocycles. The van der Waals surface area contributed by atoms with Crippen molar-refractivity contribution < 1.29 is 42.9 Å². The molecule has 9 rings (SSSR count). The minimum absolute atomic E-state index is 0.0175. The molecule has 1 unspecified atom stereocenters. The first-order valence-corrected chi connectivity index (χ1v) is 20.7. The number of nitrogens with one attached hydrogen (secondary N) is 1. The highest BCUT2D eigenvalue weighted by Gasteiger charge is 2.43. The molecule has 0 spiro atoms. The van der Waals surface area contributed by atoms with Crippen LogP contribution in [-0.4, -0.2) is 76.9 Å². The largest absolute Gasteiger partial charge is 0.497 e. The van der Waals surface area contributed by atoms with Gasteiger partial charge in [0.2, 0.25) is 11.8 Å². The Morgan fingerprint density at radius 1 is 0.823 bits per heavy atom. The molecule has 0 bridgehead atoms. The normalized spacial score (nSPS) is 19.5. The van der Waals surface area contributed by atoms with Gasteiger partial charge in [-0.05, 0) is 65.1 Å². The first kappa shape index (κ1) is 40.3. The molecule has 3 atom stereocenters. The third-order valence-corrected chi connectivity index (χ3v) is 12.1. The van der Waals surface area contributed by atoms with Crippen LogP contribution in [0, 0.1) is 5.92 Å². The van der Waals surface area contributed by atoms with E-state index < -0.39 is 12.0 Å². The van der Waals surface area contributed by atoms with E-state index in [0.717, 1.165) is 39.3 Å². The summed E-state index contributed by atoms with van der Waals surface area (Å²) in [6, 6.07) is 23.9. The van der Waals surface area contributed by atoms with Gasteiger partial charge >= 0.3 is 5.97 Å². The molecular weight excluding hydrogens is 791 g/mol. The molecule has 0 fully saturated rings. The molecule has 3 amide bonds. The zero-order chi connectivity index (χ0) is 43.1. The van der Waals surface area contributed by atoms with Crippen molar-refractivity contribution in [2.45, 2.75) is 57.4 Å². The van der Waals surface area contributed by atoms with E-state index in [1.165, 1.54) is 14.2 Å². The Balaban J connectivity index is 0.962. The summed E-state index contributed by atoms with van der Waals surface area (Å²) in [7, 11) is 6.41. The van der Waals surface area contributed by atoms with E-state index in [0.29, 0.717) is 72.2 Å². The number of nitrogens with zero attached hydrogens (tertiary/aromatic N) is 4. The molecule has 5 aliphatic rings. The number of rotatable bonds is 13. The highest BCUT2D eigenvalue weighted by atomic mass is 16.5. The summed E-state index contributed by atoms with van der Waals surface area (Å²) in [5.74, 6) is 0.345. The quantitative estimate of drug-likeness (QED) is 0.148. The topological polar surface area (TPSA) is 149 Å². The van der Waals surface area contributed by atoms with Crippen LogP contribution in [0.15, 0.2) is 107 Å². The van der Waals surface area contributed by atoms with Crippen LogP contribution in [0.1, 0.15) is 51.9 Å². The van der Waals surface area contributed by atoms with Gasteiger partial charge in [0.1, 0.15) is 25.0 Å². The Bertz CT molecular complexity index is 2580. The fourth-order valence-corrected chi connectivity index (χ4v) is 8.96. The molecule has 0 aromatic heterocycles. The van der Waals surface area contributed by atoms with Gasteiger partial charge in [-0.1, -0.05) is 36.4 Å². The van der Waals surface area contributed by atoms with Crippen molar-refractivity contribution in [1.29, 1.82) is 0 Å². The predicted molar refractivity (Wildman–Crippen MR) is 233 cm³/mol. The van der Waals surface area contributed by atoms with Crippen molar-refractivity contribution in [3.63, 3.8) is 0 Å². The number of allylic oxidation sites excluding steroid dienone is 2. The van der Waals surface area contributed by atoms with Gasteiger partial charge in [-0.15, -0.1) is 0 Å². The molecule has 0 saturated heterocycles. The van der Waals surface area contributed by atoms with Gasteiger partial charge in [-0.2, -0.15) is 0 Å². The van der Waals surface area contributed by atoms with Crippen molar-refractivity contribution in [2.75, 3.05) is 54.9 Å². The lowest BCUT2D eigenvalue weighted by Gasteiger charge is -2.28. The summed E-state index contributed by atoms with van der Waals surface area (Å²) in [4.78, 5) is 63.8. The smallest absolute Gasteiger partial charge is 0.305 e. The lowest BCUT2D eigenvalue weighted by atomic mass is 9.93. The number of aliphatic imine (C=N–C) groups is 1. The highest BCUT2D eigenvalue weighted by molar-refractivity contribution is 6.20. The van der Waals surface area contributed by atoms with Crippen molar-refractivity contribution in [3.8, 4) is 11.5 Å². The van der Waals surface area contributed by atoms with Gasteiger partial charge in [0.05, 0.1) is 50.2 Å². The van der Waals surface area contributed by atoms with Gasteiger partial charge in [-0.3, -0.25) is 29.1 Å². The second-order valence-electron chi connectivity index (χ2n) is 16.0. The van der Waals surface area contributed by atoms with Gasteiger partial charge in [0.25, 0.3) is 5.91 Å². The number of amides is 3. The number of esters is 1. The van der Waals surface area contributed by atoms with Crippen LogP contribution in [0.3, 0.4) is 0 Å². The Kier molecular flexibility index (Phi) is 10.9. The number of anilines is 4. The average molecular weight is 838 g/mol. The van der Waals surface area contributed by atoms with E-state index in [1.807, 2.05) is 83.7 Å². The van der Waals surface area contributed by atoms with Crippen LogP contribution < -0.4 is 29.5 Å². The SMILES string of the molecule is COC(=O)CCCN(C)c1cc(COC2=C(OC)CC3C(=O)N4c5ccccc5C[C@H]4C=NC3=C2)cc(COc2cc3c(cc2OC)C(=O)N2c4ccccc4C[C@H]2C(=O)N3)c1. The first-order valence-electron chi connectivity index (χ1n) is 20.7. The fraction of sp³-hybridized carbons (Fsp3) is 0.312. The number of carbonyl (C=O) groups is 4. The second-order valence-corrected chi connectivity index (χ2v) is 16.0. The van der Waals surface area contributed by atoms with Crippen LogP contribution in [0.4, 0.5) is 22.7 Å². The molecule has 1 aliphatic carbocycles. The van der Waals surface area contributed by atoms with E-state index in [-0.39, 0.29) is 49.4 Å². The maximum atomic E-state index is 14.0. The molecule has 4 heterocycles. The molecule has 1 N–H and O–H groups in total. The number of carbonyl (C=O) groups excluding carboxylic acids is 4. The van der Waals surface area contributed by atoms with Crippen LogP contribution in [0.5, 0.6) is 11.5 Å². The van der Waals surface area contributed by atoms with Crippen molar-refractivity contribution in [1.82, 2.24) is 0 Å². The number of hydrogen-bond acceptors (Lipinski definition) is 11. The molecule has 0 saturated carbocycles. The average Bonchev–Trinajstić information content (AvgIpc) is 3.81. The Morgan fingerprint density at radius 2 is 1.53 bits per heavy atom. The lowest BCUT2D eigenvalue weighted by molar-refractivity contribution is -0.140. The molecule has 0 radical (unpaired) electrons. The van der Waals surface area contributed by atoms with Gasteiger partial charge in [0.15, 0.2) is 17.3 Å². The molecule has 14 heteroatoms. The zero-order valence-electron chi connectivity index (χ0n) is 35.0. The Labute approximate surface area is 359 Å². The molecular formula is C48H47N5O9. The van der Waals surface area contributed by atoms with Crippen molar-refractivity contribution in [2.24, 2.45) is 10.9 Å². The molecule has 318 valence electrons. The maximum Gasteiger partial charge on any atom is 0.305 e. The summed E-state index contributed by atoms with van der Waals surface area (Å²) in [5.41, 5.74) is 7.48. The number of ether oxygens (including phenoxy) is 5. The number of para-hydroxylation sites is 2. The van der Waals surface area contributed by atoms with Crippen LogP contribution in [0.2, 0.25) is 0 Å². The minimum atomic E-state index is -0.670. The highest BCUT2D eigenvalue weighted by Crippen LogP contribution is 2.42. The molecule has 4 aromatic rings. The lowest BCUT2D eigenvalue weighted by Crippen LogP contribution is -2.42. The van der Waals surface area contributed by atoms with Crippen molar-refractivity contribution >= 4 is 52.7 Å². The second kappa shape index (κ2) is 16.8. The maximum absolute atomic E-state index is 14.0. The summed E-state index contributed by atoms with van der Waals surface area (Å²) in [6.07, 6.45) is 5.97. The van der Waals surface area contributed by atoms with E-state index >= 15 is 0 Å². The van der Waals surface area contributed by atoms with Crippen LogP contribution in [0.25, 0.3) is 0 Å². The van der Waals surface area contributed by atoms with Gasteiger partial charge in [0, 0.05) is 74.7 Å². The number of hydrogen-bond donors (Lipinski definition) is 1. The summed E-state index contributed by atoms with van der Waals surface area (Å²) < 4.78 is 29.3. The van der Waals surface area contributed by atoms with E-state index in [1.54, 1.807) is 30.2 Å². The Morgan fingerprint density at radius 3 is 2.26 bits per heavy atom. The van der Waals surface area contributed by atoms with Gasteiger partial charge < -0.3 is 38.8 Å². The number of fused-ring (bicyclic) bond motifs is 8. The van der Waals surface area contributed by atoms with E-state index in [4.69, 9.17) is 28.7 Å². The van der Waals surface area contributed by atoms with Crippen LogP contribution in [-0.2, 0) is 54.6 Å². The van der Waals surface area contributed by atoms with Crippen molar-refractivity contribution in [3.05, 3.63) is 130 Å². The number of methoxy groups -OCH3 is 3. The monoisotopic (exact) mass is 837 g/mol. The summed E-state index contributed by atoms with van der Waals surface area (Å²) in [6.45, 7) is 0.839.